The van der Waals surface area contributed by atoms with Crippen LogP contribution in [0.2, 0.25) is 0 Å². The van der Waals surface area contributed by atoms with Gasteiger partial charge in [0.05, 0.1) is 5.76 Å². The highest BCUT2D eigenvalue weighted by atomic mass is 19.2. The Kier molecular flexibility index (Phi) is 9.39. The molecule has 0 aliphatic carbocycles. The number of allylic oxidation sites excluding steroid dienone is 1. The van der Waals surface area contributed by atoms with E-state index in [-0.39, 0.29) is 11.6 Å². The standard InChI is InChI=1S/C8H7F3.C7H7F.C3H6O/c1-2-5-3-6(9)8(11)7(10)4-5;1-6-3-2-4-7(8)5-6;1-3(2)4/h3-4H,2H2,1H3;2-5H,1H3;4H,1H2,2H3. The minimum absolute atomic E-state index is 0.162. The Morgan fingerprint density at radius 3 is 1.83 bits per heavy atom. The van der Waals surface area contributed by atoms with E-state index in [1.54, 1.807) is 13.0 Å². The molecule has 1 N–H and O–H groups in total. The Labute approximate surface area is 133 Å². The summed E-state index contributed by atoms with van der Waals surface area (Å²) in [6.07, 6.45) is 0.494. The summed E-state index contributed by atoms with van der Waals surface area (Å²) < 4.78 is 49.3. The van der Waals surface area contributed by atoms with Crippen LogP contribution in [-0.4, -0.2) is 5.11 Å². The van der Waals surface area contributed by atoms with Gasteiger partial charge in [0.25, 0.3) is 0 Å². The average molecular weight is 328 g/mol. The van der Waals surface area contributed by atoms with Crippen LogP contribution in [0.5, 0.6) is 0 Å². The molecular formula is C18H20F4O. The highest BCUT2D eigenvalue weighted by Gasteiger charge is 2.08. The number of halogens is 4. The monoisotopic (exact) mass is 328 g/mol. The number of benzene rings is 2. The van der Waals surface area contributed by atoms with Crippen LogP contribution in [0.25, 0.3) is 0 Å². The first kappa shape index (κ1) is 20.7. The number of aryl methyl sites for hydroxylation is 2. The van der Waals surface area contributed by atoms with Crippen molar-refractivity contribution in [1.82, 2.24) is 0 Å². The highest BCUT2D eigenvalue weighted by Crippen LogP contribution is 2.13. The van der Waals surface area contributed by atoms with E-state index >= 15 is 0 Å². The van der Waals surface area contributed by atoms with Gasteiger partial charge < -0.3 is 5.11 Å². The van der Waals surface area contributed by atoms with Gasteiger partial charge in [-0.2, -0.15) is 0 Å². The summed E-state index contributed by atoms with van der Waals surface area (Å²) in [7, 11) is 0. The predicted octanol–water partition coefficient (Wildman–Crippen LogP) is 5.88. The third kappa shape index (κ3) is 9.34. The minimum Gasteiger partial charge on any atom is -0.513 e. The van der Waals surface area contributed by atoms with Crippen LogP contribution in [0.4, 0.5) is 17.6 Å². The topological polar surface area (TPSA) is 20.2 Å². The third-order valence-corrected chi connectivity index (χ3v) is 2.43. The van der Waals surface area contributed by atoms with Crippen molar-refractivity contribution in [3.63, 3.8) is 0 Å². The van der Waals surface area contributed by atoms with Gasteiger partial charge >= 0.3 is 0 Å². The summed E-state index contributed by atoms with van der Waals surface area (Å²) in [5.41, 5.74) is 1.42. The zero-order valence-corrected chi connectivity index (χ0v) is 13.3. The minimum atomic E-state index is -1.40. The molecule has 2 aromatic carbocycles. The Balaban J connectivity index is 0.000000354. The predicted molar refractivity (Wildman–Crippen MR) is 84.3 cm³/mol. The maximum absolute atomic E-state index is 12.4. The molecule has 0 saturated heterocycles. The maximum atomic E-state index is 12.4. The van der Waals surface area contributed by atoms with Gasteiger partial charge in [-0.1, -0.05) is 25.6 Å². The van der Waals surface area contributed by atoms with E-state index in [0.717, 1.165) is 17.7 Å². The van der Waals surface area contributed by atoms with Crippen molar-refractivity contribution in [2.24, 2.45) is 0 Å². The van der Waals surface area contributed by atoms with E-state index in [9.17, 15) is 17.6 Å². The molecule has 0 aliphatic heterocycles. The quantitative estimate of drug-likeness (QED) is 0.394. The second-order valence-electron chi connectivity index (χ2n) is 4.76. The number of hydrogen-bond acceptors (Lipinski definition) is 1. The molecule has 0 spiro atoms. The molecule has 0 radical (unpaired) electrons. The van der Waals surface area contributed by atoms with E-state index in [4.69, 9.17) is 5.11 Å². The van der Waals surface area contributed by atoms with Crippen molar-refractivity contribution in [1.29, 1.82) is 0 Å². The van der Waals surface area contributed by atoms with E-state index in [2.05, 4.69) is 6.58 Å². The fourth-order valence-corrected chi connectivity index (χ4v) is 1.42. The lowest BCUT2D eigenvalue weighted by Gasteiger charge is -1.98. The van der Waals surface area contributed by atoms with Crippen LogP contribution in [0.3, 0.4) is 0 Å². The van der Waals surface area contributed by atoms with Crippen molar-refractivity contribution in [3.05, 3.63) is 83.1 Å². The van der Waals surface area contributed by atoms with E-state index in [0.29, 0.717) is 12.0 Å². The second kappa shape index (κ2) is 10.4. The summed E-state index contributed by atoms with van der Waals surface area (Å²) in [5.74, 6) is -3.64. The van der Waals surface area contributed by atoms with Gasteiger partial charge in [-0.15, -0.1) is 0 Å². The van der Waals surface area contributed by atoms with Gasteiger partial charge in [-0.05, 0) is 55.7 Å². The van der Waals surface area contributed by atoms with Crippen LogP contribution in [-0.2, 0) is 6.42 Å². The molecule has 126 valence electrons. The van der Waals surface area contributed by atoms with Crippen molar-refractivity contribution in [2.75, 3.05) is 0 Å². The summed E-state index contributed by atoms with van der Waals surface area (Å²) in [5, 5.41) is 7.86. The van der Waals surface area contributed by atoms with E-state index < -0.39 is 17.5 Å². The Bertz CT molecular complexity index is 594. The Hall–Kier alpha value is -2.30. The Morgan fingerprint density at radius 1 is 1.04 bits per heavy atom. The molecule has 0 atom stereocenters. The zero-order chi connectivity index (χ0) is 18.0. The summed E-state index contributed by atoms with van der Waals surface area (Å²) in [6, 6.07) is 8.50. The molecular weight excluding hydrogens is 308 g/mol. The van der Waals surface area contributed by atoms with Gasteiger partial charge in [0.2, 0.25) is 0 Å². The molecule has 23 heavy (non-hydrogen) atoms. The smallest absolute Gasteiger partial charge is 0.194 e. The van der Waals surface area contributed by atoms with Crippen LogP contribution in [0, 0.1) is 30.2 Å². The number of aliphatic hydroxyl groups excluding tert-OH is 1. The lowest BCUT2D eigenvalue weighted by atomic mass is 10.1. The lowest BCUT2D eigenvalue weighted by molar-refractivity contribution is 0.417. The second-order valence-corrected chi connectivity index (χ2v) is 4.76. The summed E-state index contributed by atoms with van der Waals surface area (Å²) in [4.78, 5) is 0. The first-order valence-electron chi connectivity index (χ1n) is 6.87. The van der Waals surface area contributed by atoms with Crippen LogP contribution in [0.1, 0.15) is 25.0 Å². The fraction of sp³-hybridized carbons (Fsp3) is 0.222. The molecule has 0 saturated carbocycles. The van der Waals surface area contributed by atoms with Crippen molar-refractivity contribution >= 4 is 0 Å². The van der Waals surface area contributed by atoms with Gasteiger partial charge in [-0.25, -0.2) is 17.6 Å². The molecule has 0 amide bonds. The van der Waals surface area contributed by atoms with Crippen LogP contribution < -0.4 is 0 Å². The van der Waals surface area contributed by atoms with Crippen LogP contribution >= 0.6 is 0 Å². The number of hydrogen-bond donors (Lipinski definition) is 1. The Morgan fingerprint density at radius 2 is 1.52 bits per heavy atom. The maximum Gasteiger partial charge on any atom is 0.194 e. The SMILES string of the molecule is C=C(C)O.CCc1cc(F)c(F)c(F)c1.Cc1cccc(F)c1. The van der Waals surface area contributed by atoms with Crippen LogP contribution in [0.15, 0.2) is 48.7 Å². The molecule has 0 bridgehead atoms. The lowest BCUT2D eigenvalue weighted by Crippen LogP contribution is -1.92. The largest absolute Gasteiger partial charge is 0.513 e. The first-order valence-corrected chi connectivity index (χ1v) is 6.87. The van der Waals surface area contributed by atoms with Crippen molar-refractivity contribution < 1.29 is 22.7 Å². The van der Waals surface area contributed by atoms with Crippen molar-refractivity contribution in [3.8, 4) is 0 Å². The van der Waals surface area contributed by atoms with Gasteiger partial charge in [0.1, 0.15) is 5.82 Å². The molecule has 0 unspecified atom stereocenters. The molecule has 5 heteroatoms. The van der Waals surface area contributed by atoms with E-state index in [1.165, 1.54) is 19.1 Å². The first-order chi connectivity index (χ1) is 10.7. The number of rotatable bonds is 1. The number of aliphatic hydroxyl groups is 1. The zero-order valence-electron chi connectivity index (χ0n) is 13.3. The van der Waals surface area contributed by atoms with E-state index in [1.807, 2.05) is 13.0 Å². The molecule has 0 aliphatic rings. The highest BCUT2D eigenvalue weighted by molar-refractivity contribution is 5.19. The summed E-state index contributed by atoms with van der Waals surface area (Å²) in [6.45, 7) is 8.25. The normalized spacial score (nSPS) is 9.17. The molecule has 0 heterocycles. The third-order valence-electron chi connectivity index (χ3n) is 2.43. The fourth-order valence-electron chi connectivity index (χ4n) is 1.42. The molecule has 2 rings (SSSR count). The van der Waals surface area contributed by atoms with Crippen molar-refractivity contribution in [2.45, 2.75) is 27.2 Å². The van der Waals surface area contributed by atoms with Gasteiger partial charge in [-0.3, -0.25) is 0 Å². The molecule has 0 aromatic heterocycles. The average Bonchev–Trinajstić information content (AvgIpc) is 2.44. The molecule has 0 fully saturated rings. The van der Waals surface area contributed by atoms with Gasteiger partial charge in [0.15, 0.2) is 17.5 Å². The summed E-state index contributed by atoms with van der Waals surface area (Å²) >= 11 is 0. The molecule has 1 nitrogen and oxygen atoms in total. The molecule has 2 aromatic rings. The van der Waals surface area contributed by atoms with Gasteiger partial charge in [0, 0.05) is 0 Å².